The van der Waals surface area contributed by atoms with Gasteiger partial charge < -0.3 is 11.5 Å². The molecule has 1 atom stereocenters. The molecule has 1 aromatic carbocycles. The van der Waals surface area contributed by atoms with E-state index in [1.807, 2.05) is 0 Å². The fourth-order valence-corrected chi connectivity index (χ4v) is 1.33. The van der Waals surface area contributed by atoms with Crippen molar-refractivity contribution in [2.24, 2.45) is 21.5 Å². The summed E-state index contributed by atoms with van der Waals surface area (Å²) in [6, 6.07) is 5.83. The molecule has 0 aliphatic carbocycles. The number of benzene rings is 1. The van der Waals surface area contributed by atoms with E-state index in [0.29, 0.717) is 11.4 Å². The average molecular weight is 250 g/mol. The van der Waals surface area contributed by atoms with Crippen LogP contribution in [0.15, 0.2) is 34.3 Å². The van der Waals surface area contributed by atoms with E-state index in [1.165, 1.54) is 12.1 Å². The van der Waals surface area contributed by atoms with E-state index in [2.05, 4.69) is 15.5 Å². The summed E-state index contributed by atoms with van der Waals surface area (Å²) >= 11 is 0. The number of hydroxylamine groups is 1. The Morgan fingerprint density at radius 2 is 2.11 bits per heavy atom. The van der Waals surface area contributed by atoms with Gasteiger partial charge in [0, 0.05) is 17.7 Å². The second-order valence-corrected chi connectivity index (χ2v) is 3.38. The minimum atomic E-state index is -0.847. The molecule has 5 N–H and O–H groups in total. The maximum absolute atomic E-state index is 10.5. The summed E-state index contributed by atoms with van der Waals surface area (Å²) in [4.78, 5) is 22.7. The molecule has 0 amide bonds. The lowest BCUT2D eigenvalue weighted by molar-refractivity contribution is -0.384. The van der Waals surface area contributed by atoms with Crippen LogP contribution in [0.5, 0.6) is 0 Å². The van der Waals surface area contributed by atoms with Gasteiger partial charge in [-0.3, -0.25) is 10.1 Å². The summed E-state index contributed by atoms with van der Waals surface area (Å²) in [7, 11) is 0. The number of nitrogens with one attached hydrogen (secondary N) is 1. The molecule has 1 aliphatic heterocycles. The molecule has 9 nitrogen and oxygen atoms in total. The number of hydrogen-bond acceptors (Lipinski definition) is 6. The predicted octanol–water partition coefficient (Wildman–Crippen LogP) is -0.567. The van der Waals surface area contributed by atoms with Crippen LogP contribution < -0.4 is 16.9 Å². The Labute approximate surface area is 101 Å². The molecular formula is C9H10N6O3. The first kappa shape index (κ1) is 11.8. The highest BCUT2D eigenvalue weighted by Crippen LogP contribution is 2.14. The molecule has 1 unspecified atom stereocenters. The molecule has 0 spiro atoms. The van der Waals surface area contributed by atoms with E-state index in [-0.39, 0.29) is 11.6 Å². The monoisotopic (exact) mass is 250 g/mol. The molecule has 1 aromatic rings. The number of guanidine groups is 1. The standard InChI is InChI=1S/C9H10N6O3/c10-8(11)13-9-12-7(14-18-9)5-1-3-6(4-2-5)15(16)17/h1-4,9H,(H,12,14)(H4,10,11,13). The molecule has 0 saturated heterocycles. The Balaban J connectivity index is 2.18. The number of hydrogen-bond donors (Lipinski definition) is 3. The Hall–Kier alpha value is -2.68. The molecule has 9 heteroatoms. The predicted molar refractivity (Wildman–Crippen MR) is 63.5 cm³/mol. The van der Waals surface area contributed by atoms with Gasteiger partial charge in [0.1, 0.15) is 0 Å². The summed E-state index contributed by atoms with van der Waals surface area (Å²) < 4.78 is 0. The van der Waals surface area contributed by atoms with E-state index in [4.69, 9.17) is 16.3 Å². The molecular weight excluding hydrogens is 240 g/mol. The van der Waals surface area contributed by atoms with Crippen molar-refractivity contribution < 1.29 is 9.76 Å². The van der Waals surface area contributed by atoms with E-state index < -0.39 is 11.3 Å². The van der Waals surface area contributed by atoms with E-state index in [0.717, 1.165) is 0 Å². The minimum absolute atomic E-state index is 0.000890. The minimum Gasteiger partial charge on any atom is -0.370 e. The first-order valence-electron chi connectivity index (χ1n) is 4.89. The number of non-ortho nitro benzene ring substituents is 1. The summed E-state index contributed by atoms with van der Waals surface area (Å²) in [6.07, 6.45) is -0.847. The zero-order valence-electron chi connectivity index (χ0n) is 9.11. The van der Waals surface area contributed by atoms with Crippen LogP contribution in [0.2, 0.25) is 0 Å². The summed E-state index contributed by atoms with van der Waals surface area (Å²) in [5.41, 5.74) is 13.5. The van der Waals surface area contributed by atoms with Crippen LogP contribution in [-0.4, -0.2) is 23.1 Å². The maximum Gasteiger partial charge on any atom is 0.273 e. The molecule has 0 aromatic heterocycles. The first-order chi connectivity index (χ1) is 8.56. The quantitative estimate of drug-likeness (QED) is 0.284. The fourth-order valence-electron chi connectivity index (χ4n) is 1.33. The zero-order chi connectivity index (χ0) is 13.1. The Bertz CT molecular complexity index is 520. The van der Waals surface area contributed by atoms with Gasteiger partial charge in [-0.05, 0) is 12.1 Å². The van der Waals surface area contributed by atoms with Gasteiger partial charge in [-0.1, -0.05) is 0 Å². The van der Waals surface area contributed by atoms with Crippen molar-refractivity contribution in [3.8, 4) is 0 Å². The van der Waals surface area contributed by atoms with Crippen molar-refractivity contribution in [1.82, 2.24) is 5.48 Å². The molecule has 0 saturated carbocycles. The SMILES string of the molecule is NC(N)=NC1N=C(c2ccc([N+](=O)[O-])cc2)NO1. The molecule has 0 radical (unpaired) electrons. The van der Waals surface area contributed by atoms with Gasteiger partial charge in [0.15, 0.2) is 11.8 Å². The lowest BCUT2D eigenvalue weighted by atomic mass is 10.2. The Morgan fingerprint density at radius 1 is 1.44 bits per heavy atom. The van der Waals surface area contributed by atoms with E-state index >= 15 is 0 Å². The average Bonchev–Trinajstić information content (AvgIpc) is 2.76. The first-order valence-corrected chi connectivity index (χ1v) is 4.89. The number of amidine groups is 1. The highest BCUT2D eigenvalue weighted by atomic mass is 16.7. The fraction of sp³-hybridized carbons (Fsp3) is 0.111. The molecule has 0 bridgehead atoms. The third-order valence-corrected chi connectivity index (χ3v) is 2.11. The number of nitro benzene ring substituents is 1. The van der Waals surface area contributed by atoms with Gasteiger partial charge in [-0.2, -0.15) is 4.99 Å². The van der Waals surface area contributed by atoms with Crippen LogP contribution in [0.3, 0.4) is 0 Å². The zero-order valence-corrected chi connectivity index (χ0v) is 9.11. The maximum atomic E-state index is 10.5. The van der Waals surface area contributed by atoms with Gasteiger partial charge in [0.25, 0.3) is 12.0 Å². The molecule has 1 aliphatic rings. The Kier molecular flexibility index (Phi) is 3.06. The van der Waals surface area contributed by atoms with Crippen molar-refractivity contribution in [3.63, 3.8) is 0 Å². The van der Waals surface area contributed by atoms with Crippen LogP contribution in [0.25, 0.3) is 0 Å². The third kappa shape index (κ3) is 2.52. The van der Waals surface area contributed by atoms with Crippen LogP contribution in [0.1, 0.15) is 5.56 Å². The van der Waals surface area contributed by atoms with Crippen molar-refractivity contribution in [3.05, 3.63) is 39.9 Å². The molecule has 94 valence electrons. The van der Waals surface area contributed by atoms with E-state index in [9.17, 15) is 10.1 Å². The second-order valence-electron chi connectivity index (χ2n) is 3.38. The lowest BCUT2D eigenvalue weighted by Crippen LogP contribution is -2.26. The summed E-state index contributed by atoms with van der Waals surface area (Å²) in [6.45, 7) is 0. The number of nitrogens with zero attached hydrogens (tertiary/aromatic N) is 3. The largest absolute Gasteiger partial charge is 0.370 e. The van der Waals surface area contributed by atoms with Crippen molar-refractivity contribution in [1.29, 1.82) is 0 Å². The van der Waals surface area contributed by atoms with Crippen molar-refractivity contribution in [2.45, 2.75) is 6.35 Å². The van der Waals surface area contributed by atoms with Crippen molar-refractivity contribution >= 4 is 17.5 Å². The number of nitro groups is 1. The van der Waals surface area contributed by atoms with Crippen LogP contribution in [0.4, 0.5) is 5.69 Å². The smallest absolute Gasteiger partial charge is 0.273 e. The van der Waals surface area contributed by atoms with Crippen LogP contribution in [-0.2, 0) is 4.84 Å². The van der Waals surface area contributed by atoms with Crippen molar-refractivity contribution in [2.75, 3.05) is 0 Å². The topological polar surface area (TPSA) is 141 Å². The molecule has 1 heterocycles. The summed E-state index contributed by atoms with van der Waals surface area (Å²) in [5, 5.41) is 10.5. The van der Waals surface area contributed by atoms with Gasteiger partial charge in [0.05, 0.1) is 4.92 Å². The Morgan fingerprint density at radius 3 is 2.67 bits per heavy atom. The molecule has 0 fully saturated rings. The molecule has 18 heavy (non-hydrogen) atoms. The number of rotatable bonds is 3. The van der Waals surface area contributed by atoms with Gasteiger partial charge in [0.2, 0.25) is 0 Å². The van der Waals surface area contributed by atoms with E-state index in [1.54, 1.807) is 12.1 Å². The lowest BCUT2D eigenvalue weighted by Gasteiger charge is -2.00. The number of nitrogens with two attached hydrogens (primary N) is 2. The third-order valence-electron chi connectivity index (χ3n) is 2.11. The van der Waals surface area contributed by atoms with Gasteiger partial charge in [-0.15, -0.1) is 0 Å². The van der Waals surface area contributed by atoms with Gasteiger partial charge in [-0.25, -0.2) is 15.3 Å². The second kappa shape index (κ2) is 4.67. The summed E-state index contributed by atoms with van der Waals surface area (Å²) in [5.74, 6) is 0.260. The molecule has 2 rings (SSSR count). The van der Waals surface area contributed by atoms with Crippen LogP contribution >= 0.6 is 0 Å². The van der Waals surface area contributed by atoms with Gasteiger partial charge >= 0.3 is 0 Å². The normalized spacial score (nSPS) is 17.8. The van der Waals surface area contributed by atoms with Crippen LogP contribution in [0, 0.1) is 10.1 Å². The highest BCUT2D eigenvalue weighted by Gasteiger charge is 2.18. The number of aliphatic imine (C=N–C) groups is 2. The highest BCUT2D eigenvalue weighted by molar-refractivity contribution is 5.99.